The number of amides is 1. The summed E-state index contributed by atoms with van der Waals surface area (Å²) in [6.45, 7) is 3.13. The third-order valence-corrected chi connectivity index (χ3v) is 3.75. The number of aromatic nitrogens is 2. The Morgan fingerprint density at radius 1 is 1.33 bits per heavy atom. The number of ether oxygens (including phenoxy) is 2. The van der Waals surface area contributed by atoms with Crippen molar-refractivity contribution in [2.75, 3.05) is 11.9 Å². The SMILES string of the molecule is CC(C)(C(=O)O)n1cc(NC(=O)[C@@H]2COc3ccccc3O2)cn1. The molecule has 2 aromatic rings. The quantitative estimate of drug-likeness (QED) is 0.880. The summed E-state index contributed by atoms with van der Waals surface area (Å²) in [6, 6.07) is 7.10. The van der Waals surface area contributed by atoms with Gasteiger partial charge < -0.3 is 19.9 Å². The minimum atomic E-state index is -1.22. The highest BCUT2D eigenvalue weighted by molar-refractivity contribution is 5.94. The van der Waals surface area contributed by atoms with Gasteiger partial charge >= 0.3 is 5.97 Å². The number of carbonyl (C=O) groups excluding carboxylic acids is 1. The second-order valence-electron chi connectivity index (χ2n) is 5.89. The number of carboxylic acids is 1. The maximum Gasteiger partial charge on any atom is 0.331 e. The third kappa shape index (κ3) is 2.90. The zero-order chi connectivity index (χ0) is 17.3. The first-order valence-electron chi connectivity index (χ1n) is 7.36. The summed E-state index contributed by atoms with van der Waals surface area (Å²) < 4.78 is 12.4. The largest absolute Gasteiger partial charge is 0.485 e. The summed E-state index contributed by atoms with van der Waals surface area (Å²) in [5.74, 6) is -0.314. The number of carbonyl (C=O) groups is 2. The molecule has 126 valence electrons. The maximum atomic E-state index is 12.3. The predicted octanol–water partition coefficient (Wildman–Crippen LogP) is 1.48. The van der Waals surface area contributed by atoms with Crippen LogP contribution < -0.4 is 14.8 Å². The van der Waals surface area contributed by atoms with E-state index in [1.807, 2.05) is 6.07 Å². The Hall–Kier alpha value is -3.03. The van der Waals surface area contributed by atoms with Gasteiger partial charge in [-0.25, -0.2) is 4.79 Å². The van der Waals surface area contributed by atoms with Crippen LogP contribution in [0.3, 0.4) is 0 Å². The van der Waals surface area contributed by atoms with Gasteiger partial charge in [0.05, 0.1) is 11.9 Å². The number of carboxylic acid groups (broad SMARTS) is 1. The number of rotatable bonds is 4. The molecule has 0 unspecified atom stereocenters. The molecule has 24 heavy (non-hydrogen) atoms. The Labute approximate surface area is 138 Å². The molecule has 1 atom stereocenters. The highest BCUT2D eigenvalue weighted by Gasteiger charge is 2.31. The first-order chi connectivity index (χ1) is 11.4. The third-order valence-electron chi connectivity index (χ3n) is 3.75. The fraction of sp³-hybridized carbons (Fsp3) is 0.312. The molecule has 0 fully saturated rings. The molecular weight excluding hydrogens is 314 g/mol. The van der Waals surface area contributed by atoms with E-state index in [0.717, 1.165) is 0 Å². The standard InChI is InChI=1S/C16H17N3O5/c1-16(2,15(21)22)19-8-10(7-17-19)18-14(20)13-9-23-11-5-3-4-6-12(11)24-13/h3-8,13H,9H2,1-2H3,(H,18,20)(H,21,22)/t13-/m0/s1. The van der Waals surface area contributed by atoms with E-state index < -0.39 is 23.5 Å². The van der Waals surface area contributed by atoms with Crippen molar-refractivity contribution in [3.63, 3.8) is 0 Å². The Balaban J connectivity index is 1.68. The van der Waals surface area contributed by atoms with Gasteiger partial charge in [0, 0.05) is 6.20 Å². The molecule has 0 radical (unpaired) electrons. The van der Waals surface area contributed by atoms with Crippen LogP contribution in [0, 0.1) is 0 Å². The predicted molar refractivity (Wildman–Crippen MR) is 84.2 cm³/mol. The van der Waals surface area contributed by atoms with Gasteiger partial charge in [0.2, 0.25) is 6.10 Å². The fourth-order valence-corrected chi connectivity index (χ4v) is 2.16. The lowest BCUT2D eigenvalue weighted by atomic mass is 10.1. The zero-order valence-corrected chi connectivity index (χ0v) is 13.2. The van der Waals surface area contributed by atoms with Crippen molar-refractivity contribution < 1.29 is 24.2 Å². The van der Waals surface area contributed by atoms with Crippen LogP contribution in [-0.4, -0.2) is 39.5 Å². The highest BCUT2D eigenvalue weighted by Crippen LogP contribution is 2.31. The van der Waals surface area contributed by atoms with Crippen molar-refractivity contribution in [2.45, 2.75) is 25.5 Å². The van der Waals surface area contributed by atoms with Crippen LogP contribution in [0.25, 0.3) is 0 Å². The van der Waals surface area contributed by atoms with Gasteiger partial charge in [-0.1, -0.05) is 12.1 Å². The molecule has 0 bridgehead atoms. The molecule has 0 saturated carbocycles. The number of hydrogen-bond acceptors (Lipinski definition) is 5. The van der Waals surface area contributed by atoms with E-state index in [1.165, 1.54) is 30.9 Å². The van der Waals surface area contributed by atoms with Gasteiger partial charge in [-0.15, -0.1) is 0 Å². The Morgan fingerprint density at radius 2 is 2.04 bits per heavy atom. The van der Waals surface area contributed by atoms with E-state index in [-0.39, 0.29) is 6.61 Å². The van der Waals surface area contributed by atoms with Crippen LogP contribution in [0.5, 0.6) is 11.5 Å². The molecule has 2 heterocycles. The smallest absolute Gasteiger partial charge is 0.331 e. The average molecular weight is 331 g/mol. The number of anilines is 1. The lowest BCUT2D eigenvalue weighted by molar-refractivity contribution is -0.146. The molecule has 2 N–H and O–H groups in total. The molecule has 3 rings (SSSR count). The van der Waals surface area contributed by atoms with Gasteiger partial charge in [0.15, 0.2) is 17.0 Å². The number of para-hydroxylation sites is 2. The molecule has 1 aliphatic rings. The molecule has 1 aromatic heterocycles. The number of fused-ring (bicyclic) bond motifs is 1. The van der Waals surface area contributed by atoms with Gasteiger partial charge in [-0.2, -0.15) is 5.10 Å². The van der Waals surface area contributed by atoms with E-state index in [2.05, 4.69) is 10.4 Å². The Kier molecular flexibility index (Phi) is 3.88. The van der Waals surface area contributed by atoms with E-state index in [4.69, 9.17) is 9.47 Å². The molecule has 8 nitrogen and oxygen atoms in total. The number of nitrogens with zero attached hydrogens (tertiary/aromatic N) is 2. The minimum Gasteiger partial charge on any atom is -0.485 e. The summed E-state index contributed by atoms with van der Waals surface area (Å²) in [7, 11) is 0. The molecule has 1 aliphatic heterocycles. The molecule has 0 saturated heterocycles. The first kappa shape index (κ1) is 15.9. The van der Waals surface area contributed by atoms with E-state index in [9.17, 15) is 14.7 Å². The van der Waals surface area contributed by atoms with Crippen LogP contribution in [0.15, 0.2) is 36.7 Å². The molecular formula is C16H17N3O5. The van der Waals surface area contributed by atoms with Gasteiger partial charge in [0.25, 0.3) is 5.91 Å². The maximum absolute atomic E-state index is 12.3. The second-order valence-corrected chi connectivity index (χ2v) is 5.89. The van der Waals surface area contributed by atoms with Crippen LogP contribution in [0.4, 0.5) is 5.69 Å². The second kappa shape index (κ2) is 5.88. The number of benzene rings is 1. The lowest BCUT2D eigenvalue weighted by Gasteiger charge is -2.25. The Morgan fingerprint density at radius 3 is 2.75 bits per heavy atom. The number of hydrogen-bond donors (Lipinski definition) is 2. The monoisotopic (exact) mass is 331 g/mol. The minimum absolute atomic E-state index is 0.0948. The van der Waals surface area contributed by atoms with Crippen molar-refractivity contribution in [3.05, 3.63) is 36.7 Å². The van der Waals surface area contributed by atoms with Crippen LogP contribution >= 0.6 is 0 Å². The van der Waals surface area contributed by atoms with Crippen molar-refractivity contribution in [3.8, 4) is 11.5 Å². The topological polar surface area (TPSA) is 103 Å². The van der Waals surface area contributed by atoms with Crippen LogP contribution in [0.1, 0.15) is 13.8 Å². The molecule has 0 spiro atoms. The van der Waals surface area contributed by atoms with Crippen LogP contribution in [-0.2, 0) is 15.1 Å². The molecule has 1 amide bonds. The molecule has 0 aliphatic carbocycles. The van der Waals surface area contributed by atoms with Crippen molar-refractivity contribution >= 4 is 17.6 Å². The normalized spacial score (nSPS) is 16.5. The first-order valence-corrected chi connectivity index (χ1v) is 7.36. The summed E-state index contributed by atoms with van der Waals surface area (Å²) in [6.07, 6.45) is 2.06. The highest BCUT2D eigenvalue weighted by atomic mass is 16.6. The van der Waals surface area contributed by atoms with Crippen molar-refractivity contribution in [1.82, 2.24) is 9.78 Å². The zero-order valence-electron chi connectivity index (χ0n) is 13.2. The van der Waals surface area contributed by atoms with Crippen molar-refractivity contribution in [1.29, 1.82) is 0 Å². The summed E-state index contributed by atoms with van der Waals surface area (Å²) >= 11 is 0. The van der Waals surface area contributed by atoms with E-state index in [0.29, 0.717) is 17.2 Å². The van der Waals surface area contributed by atoms with Crippen molar-refractivity contribution in [2.24, 2.45) is 0 Å². The molecule has 1 aromatic carbocycles. The van der Waals surface area contributed by atoms with Gasteiger partial charge in [-0.05, 0) is 26.0 Å². The number of aliphatic carboxylic acids is 1. The van der Waals surface area contributed by atoms with Gasteiger partial charge in [-0.3, -0.25) is 9.48 Å². The van der Waals surface area contributed by atoms with E-state index in [1.54, 1.807) is 18.2 Å². The average Bonchev–Trinajstić information content (AvgIpc) is 3.03. The lowest BCUT2D eigenvalue weighted by Crippen LogP contribution is -2.40. The van der Waals surface area contributed by atoms with E-state index >= 15 is 0 Å². The summed E-state index contributed by atoms with van der Waals surface area (Å²) in [5, 5.41) is 15.8. The fourth-order valence-electron chi connectivity index (χ4n) is 2.16. The molecule has 8 heteroatoms. The van der Waals surface area contributed by atoms with Gasteiger partial charge in [0.1, 0.15) is 6.61 Å². The van der Waals surface area contributed by atoms with Crippen LogP contribution in [0.2, 0.25) is 0 Å². The Bertz CT molecular complexity index is 784. The number of nitrogens with one attached hydrogen (secondary N) is 1. The summed E-state index contributed by atoms with van der Waals surface area (Å²) in [4.78, 5) is 23.5. The summed E-state index contributed by atoms with van der Waals surface area (Å²) in [5.41, 5.74) is -0.830.